The van der Waals surface area contributed by atoms with E-state index in [0.717, 1.165) is 31.6 Å². The van der Waals surface area contributed by atoms with E-state index in [0.29, 0.717) is 16.6 Å². The van der Waals surface area contributed by atoms with Crippen molar-refractivity contribution in [2.24, 2.45) is 0 Å². The number of quaternary nitrogens is 1. The molecule has 1 saturated heterocycles. The molecule has 0 atom stereocenters. The maximum Gasteiger partial charge on any atom is 0.270 e. The maximum atomic E-state index is 12.1. The summed E-state index contributed by atoms with van der Waals surface area (Å²) >= 11 is 0. The average molecular weight is 283 g/mol. The van der Waals surface area contributed by atoms with E-state index in [-0.39, 0.29) is 23.9 Å². The SMILES string of the molecule is O=C1C[N+]2(CCCCC2)c2ccc([N+](=O)[O-])cc21.[Cl-]. The minimum absolute atomic E-state index is 0. The van der Waals surface area contributed by atoms with Crippen molar-refractivity contribution >= 4 is 17.2 Å². The number of fused-ring (bicyclic) bond motifs is 2. The molecule has 19 heavy (non-hydrogen) atoms. The number of nitrogens with zero attached hydrogens (tertiary/aromatic N) is 2. The number of rotatable bonds is 1. The third-order valence-corrected chi connectivity index (χ3v) is 4.12. The van der Waals surface area contributed by atoms with Crippen LogP contribution in [0.2, 0.25) is 0 Å². The molecule has 1 spiro atoms. The first kappa shape index (κ1) is 14.0. The van der Waals surface area contributed by atoms with E-state index in [9.17, 15) is 14.9 Å². The summed E-state index contributed by atoms with van der Waals surface area (Å²) in [5.74, 6) is 0.0515. The van der Waals surface area contributed by atoms with E-state index < -0.39 is 4.92 Å². The lowest BCUT2D eigenvalue weighted by Gasteiger charge is -2.36. The average Bonchev–Trinajstić information content (AvgIpc) is 2.63. The Labute approximate surface area is 117 Å². The normalized spacial score (nSPS) is 19.9. The summed E-state index contributed by atoms with van der Waals surface area (Å²) in [6, 6.07) is 4.75. The topological polar surface area (TPSA) is 60.2 Å². The second-order valence-electron chi connectivity index (χ2n) is 5.19. The molecule has 102 valence electrons. The Balaban J connectivity index is 0.00000133. The highest BCUT2D eigenvalue weighted by atomic mass is 35.5. The monoisotopic (exact) mass is 282 g/mol. The zero-order valence-electron chi connectivity index (χ0n) is 10.5. The Bertz CT molecular complexity index is 539. The molecule has 0 bridgehead atoms. The van der Waals surface area contributed by atoms with Crippen molar-refractivity contribution in [3.8, 4) is 0 Å². The Hall–Kier alpha value is -1.46. The van der Waals surface area contributed by atoms with Gasteiger partial charge in [-0.05, 0) is 19.3 Å². The summed E-state index contributed by atoms with van der Waals surface area (Å²) in [6.07, 6.45) is 3.48. The Morgan fingerprint density at radius 1 is 1.16 bits per heavy atom. The minimum atomic E-state index is -0.438. The first-order valence-corrected chi connectivity index (χ1v) is 6.31. The first-order valence-electron chi connectivity index (χ1n) is 6.31. The zero-order chi connectivity index (χ0) is 12.8. The van der Waals surface area contributed by atoms with Crippen molar-refractivity contribution < 1.29 is 22.1 Å². The fourth-order valence-electron chi connectivity index (χ4n) is 3.24. The number of carbonyl (C=O) groups is 1. The van der Waals surface area contributed by atoms with Crippen LogP contribution < -0.4 is 16.9 Å². The van der Waals surface area contributed by atoms with Crippen molar-refractivity contribution in [1.82, 2.24) is 4.48 Å². The van der Waals surface area contributed by atoms with Crippen LogP contribution in [0.4, 0.5) is 11.4 Å². The van der Waals surface area contributed by atoms with Crippen LogP contribution in [-0.4, -0.2) is 30.3 Å². The number of hydrogen-bond acceptors (Lipinski definition) is 3. The molecule has 0 N–H and O–H groups in total. The summed E-state index contributed by atoms with van der Waals surface area (Å²) in [6.45, 7) is 2.45. The minimum Gasteiger partial charge on any atom is -1.00 e. The van der Waals surface area contributed by atoms with E-state index in [1.807, 2.05) is 0 Å². The first-order chi connectivity index (χ1) is 8.62. The number of benzene rings is 1. The van der Waals surface area contributed by atoms with E-state index in [1.165, 1.54) is 18.6 Å². The Kier molecular flexibility index (Phi) is 3.60. The highest BCUT2D eigenvalue weighted by Crippen LogP contribution is 2.39. The number of nitro benzene ring substituents is 1. The number of piperidine rings is 1. The molecular weight excluding hydrogens is 268 g/mol. The highest BCUT2D eigenvalue weighted by Gasteiger charge is 2.44. The number of carbonyl (C=O) groups excluding carboxylic acids is 1. The summed E-state index contributed by atoms with van der Waals surface area (Å²) in [7, 11) is 0. The molecule has 1 aromatic rings. The summed E-state index contributed by atoms with van der Waals surface area (Å²) in [4.78, 5) is 22.4. The molecule has 0 saturated carbocycles. The van der Waals surface area contributed by atoms with Crippen LogP contribution in [0, 0.1) is 10.1 Å². The van der Waals surface area contributed by atoms with Crippen molar-refractivity contribution in [1.29, 1.82) is 0 Å². The van der Waals surface area contributed by atoms with Crippen LogP contribution in [0.1, 0.15) is 29.6 Å². The van der Waals surface area contributed by atoms with Crippen LogP contribution in [0.25, 0.3) is 0 Å². The van der Waals surface area contributed by atoms with Gasteiger partial charge in [0.1, 0.15) is 12.2 Å². The standard InChI is InChI=1S/C13H15N2O3.ClH/c16-13-9-15(6-2-1-3-7-15)12-5-4-10(14(17)18)8-11(12)13;/h4-5,8H,1-3,6-7,9H2;1H/q+1;/p-1. The van der Waals surface area contributed by atoms with Gasteiger partial charge in [-0.3, -0.25) is 19.4 Å². The van der Waals surface area contributed by atoms with Crippen LogP contribution >= 0.6 is 0 Å². The number of nitro groups is 1. The van der Waals surface area contributed by atoms with E-state index >= 15 is 0 Å². The van der Waals surface area contributed by atoms with Gasteiger partial charge in [0.05, 0.1) is 23.6 Å². The molecule has 6 heteroatoms. The zero-order valence-corrected chi connectivity index (χ0v) is 11.2. The largest absolute Gasteiger partial charge is 1.00 e. The smallest absolute Gasteiger partial charge is 0.270 e. The van der Waals surface area contributed by atoms with Gasteiger partial charge in [0.2, 0.25) is 5.78 Å². The van der Waals surface area contributed by atoms with Crippen LogP contribution in [0.5, 0.6) is 0 Å². The van der Waals surface area contributed by atoms with Gasteiger partial charge in [0.25, 0.3) is 5.69 Å². The van der Waals surface area contributed by atoms with E-state index in [1.54, 1.807) is 6.07 Å². The number of ketones is 1. The maximum absolute atomic E-state index is 12.1. The van der Waals surface area contributed by atoms with Crippen molar-refractivity contribution in [3.05, 3.63) is 33.9 Å². The molecule has 0 aliphatic carbocycles. The number of Topliss-reactive ketones (excluding diaryl/α,β-unsaturated/α-hetero) is 1. The van der Waals surface area contributed by atoms with E-state index in [4.69, 9.17) is 0 Å². The molecule has 0 radical (unpaired) electrons. The molecule has 0 amide bonds. The Morgan fingerprint density at radius 2 is 1.84 bits per heavy atom. The number of non-ortho nitro benzene ring substituents is 1. The van der Waals surface area contributed by atoms with Gasteiger partial charge in [-0.1, -0.05) is 0 Å². The van der Waals surface area contributed by atoms with Crippen LogP contribution in [-0.2, 0) is 0 Å². The lowest BCUT2D eigenvalue weighted by atomic mass is 10.1. The number of hydrogen-bond donors (Lipinski definition) is 0. The van der Waals surface area contributed by atoms with Crippen molar-refractivity contribution in [3.63, 3.8) is 0 Å². The fraction of sp³-hybridized carbons (Fsp3) is 0.462. The molecule has 1 aromatic carbocycles. The molecule has 0 aromatic heterocycles. The molecule has 2 aliphatic heterocycles. The molecule has 5 nitrogen and oxygen atoms in total. The second-order valence-corrected chi connectivity index (χ2v) is 5.19. The fourth-order valence-corrected chi connectivity index (χ4v) is 3.24. The summed E-state index contributed by atoms with van der Waals surface area (Å²) in [5.41, 5.74) is 1.57. The third kappa shape index (κ3) is 2.13. The molecule has 3 rings (SSSR count). The molecule has 1 fully saturated rings. The quantitative estimate of drug-likeness (QED) is 0.388. The van der Waals surface area contributed by atoms with Crippen LogP contribution in [0.3, 0.4) is 0 Å². The molecule has 2 heterocycles. The van der Waals surface area contributed by atoms with E-state index in [2.05, 4.69) is 0 Å². The predicted molar refractivity (Wildman–Crippen MR) is 67.7 cm³/mol. The van der Waals surface area contributed by atoms with Crippen molar-refractivity contribution in [2.45, 2.75) is 19.3 Å². The lowest BCUT2D eigenvalue weighted by Crippen LogP contribution is -3.00. The molecule has 0 unspecified atom stereocenters. The second kappa shape index (κ2) is 4.90. The van der Waals surface area contributed by atoms with Gasteiger partial charge in [-0.25, -0.2) is 0 Å². The molecular formula is C13H15ClN2O3. The number of halogens is 1. The Morgan fingerprint density at radius 3 is 2.47 bits per heavy atom. The highest BCUT2D eigenvalue weighted by molar-refractivity contribution is 6.07. The predicted octanol–water partition coefficient (Wildman–Crippen LogP) is -0.714. The van der Waals surface area contributed by atoms with Gasteiger partial charge in [-0.2, -0.15) is 0 Å². The van der Waals surface area contributed by atoms with Gasteiger partial charge < -0.3 is 12.4 Å². The lowest BCUT2D eigenvalue weighted by molar-refractivity contribution is -0.384. The van der Waals surface area contributed by atoms with Crippen LogP contribution in [0.15, 0.2) is 18.2 Å². The summed E-state index contributed by atoms with van der Waals surface area (Å²) in [5, 5.41) is 10.8. The van der Waals surface area contributed by atoms with Gasteiger partial charge in [0.15, 0.2) is 0 Å². The summed E-state index contributed by atoms with van der Waals surface area (Å²) < 4.78 is 0.714. The van der Waals surface area contributed by atoms with Gasteiger partial charge >= 0.3 is 0 Å². The van der Waals surface area contributed by atoms with Gasteiger partial charge in [0, 0.05) is 18.2 Å². The van der Waals surface area contributed by atoms with Gasteiger partial charge in [-0.15, -0.1) is 0 Å². The molecule has 2 aliphatic rings. The third-order valence-electron chi connectivity index (χ3n) is 4.12. The van der Waals surface area contributed by atoms with Crippen molar-refractivity contribution in [2.75, 3.05) is 19.6 Å².